The van der Waals surface area contributed by atoms with Gasteiger partial charge < -0.3 is 25.0 Å². The lowest BCUT2D eigenvalue weighted by molar-refractivity contribution is -0.140. The third-order valence-electron chi connectivity index (χ3n) is 10.2. The Morgan fingerprint density at radius 2 is 2.00 bits per heavy atom. The maximum atomic E-state index is 15.7. The van der Waals surface area contributed by atoms with E-state index < -0.39 is 52.2 Å². The number of alkyl halides is 4. The van der Waals surface area contributed by atoms with Crippen LogP contribution in [0.25, 0.3) is 0 Å². The normalized spacial score (nSPS) is 23.2. The summed E-state index contributed by atoms with van der Waals surface area (Å²) in [6, 6.07) is 2.60. The molecule has 3 atom stereocenters. The minimum atomic E-state index is -4.96. The molecule has 1 amide bonds. The number of carbonyl (C=O) groups is 1. The quantitative estimate of drug-likeness (QED) is 0.221. The van der Waals surface area contributed by atoms with Crippen molar-refractivity contribution in [2.45, 2.75) is 82.7 Å². The summed E-state index contributed by atoms with van der Waals surface area (Å²) >= 11 is 0. The van der Waals surface area contributed by atoms with Crippen molar-refractivity contribution in [3.05, 3.63) is 57.3 Å². The van der Waals surface area contributed by atoms with E-state index in [-0.39, 0.29) is 31.6 Å². The number of benzene rings is 1. The van der Waals surface area contributed by atoms with Crippen molar-refractivity contribution in [3.8, 4) is 17.9 Å². The highest BCUT2D eigenvalue weighted by Crippen LogP contribution is 2.45. The lowest BCUT2D eigenvalue weighted by atomic mass is 9.91. The molecule has 0 spiro atoms. The molecule has 0 radical (unpaired) electrons. The fourth-order valence-corrected chi connectivity index (χ4v) is 7.91. The minimum Gasteiger partial charge on any atom is -0.461 e. The van der Waals surface area contributed by atoms with Gasteiger partial charge in [0, 0.05) is 63.3 Å². The van der Waals surface area contributed by atoms with Gasteiger partial charge in [0.15, 0.2) is 11.5 Å². The fourth-order valence-electron chi connectivity index (χ4n) is 7.91. The van der Waals surface area contributed by atoms with Crippen LogP contribution in [0.15, 0.2) is 12.1 Å². The van der Waals surface area contributed by atoms with Gasteiger partial charge in [0.25, 0.3) is 5.91 Å². The van der Waals surface area contributed by atoms with Crippen molar-refractivity contribution in [2.75, 3.05) is 51.0 Å². The molecule has 4 aliphatic rings. The molecule has 2 aromatic heterocycles. The van der Waals surface area contributed by atoms with Crippen molar-refractivity contribution in [3.63, 3.8) is 0 Å². The first-order valence-electron chi connectivity index (χ1n) is 17.0. The maximum Gasteiger partial charge on any atom is 0.418 e. The molecule has 2 N–H and O–H groups in total. The number of hydrogen-bond acceptors (Lipinski definition) is 9. The second-order valence-corrected chi connectivity index (χ2v) is 13.8. The zero-order valence-corrected chi connectivity index (χ0v) is 28.6. The molecule has 4 aliphatic heterocycles. The molecule has 2 fully saturated rings. The number of aromatic nitrogens is 4. The number of ether oxygens (including phenoxy) is 2. The van der Waals surface area contributed by atoms with E-state index in [1.54, 1.807) is 24.8 Å². The predicted octanol–water partition coefficient (Wildman–Crippen LogP) is 4.67. The largest absolute Gasteiger partial charge is 0.461 e. The number of nitrogens with two attached hydrogens (primary N) is 1. The van der Waals surface area contributed by atoms with E-state index in [4.69, 9.17) is 20.2 Å². The van der Waals surface area contributed by atoms with Gasteiger partial charge in [-0.1, -0.05) is 5.92 Å². The van der Waals surface area contributed by atoms with Crippen LogP contribution in [-0.4, -0.2) is 87.5 Å². The van der Waals surface area contributed by atoms with Gasteiger partial charge in [-0.15, -0.1) is 5.92 Å². The van der Waals surface area contributed by atoms with E-state index in [1.807, 2.05) is 4.90 Å². The molecule has 11 nitrogen and oxygen atoms in total. The van der Waals surface area contributed by atoms with Crippen molar-refractivity contribution >= 4 is 17.4 Å². The lowest BCUT2D eigenvalue weighted by Crippen LogP contribution is -2.43. The van der Waals surface area contributed by atoms with Gasteiger partial charge in [0.05, 0.1) is 47.4 Å². The Labute approximate surface area is 291 Å². The lowest BCUT2D eigenvalue weighted by Gasteiger charge is -2.33. The monoisotopic (exact) mass is 714 g/mol. The molecule has 7 rings (SSSR count). The van der Waals surface area contributed by atoms with E-state index in [9.17, 15) is 22.4 Å². The van der Waals surface area contributed by atoms with Gasteiger partial charge in [-0.25, -0.2) is 8.78 Å². The Morgan fingerprint density at radius 3 is 2.75 bits per heavy atom. The SMILES string of the molecule is CC#Cc1cc(N)c(F)c([C@H]2Cc3nc(OC[C@@]45CCCN4C[C@H](F)C5)nc(N4CCCn5nc(C(=O)N(C)C)cc5C4)c3CO2)c1C(F)(F)F. The molecule has 16 heteroatoms. The third kappa shape index (κ3) is 6.46. The highest BCUT2D eigenvalue weighted by atomic mass is 19.4. The highest BCUT2D eigenvalue weighted by molar-refractivity contribution is 5.92. The van der Waals surface area contributed by atoms with Gasteiger partial charge in [0.2, 0.25) is 0 Å². The van der Waals surface area contributed by atoms with Crippen LogP contribution in [0.5, 0.6) is 6.01 Å². The Kier molecular flexibility index (Phi) is 9.07. The summed E-state index contributed by atoms with van der Waals surface area (Å²) in [5.74, 6) is 3.85. The summed E-state index contributed by atoms with van der Waals surface area (Å²) in [7, 11) is 3.30. The number of halogens is 5. The summed E-state index contributed by atoms with van der Waals surface area (Å²) < 4.78 is 88.0. The Morgan fingerprint density at radius 1 is 1.20 bits per heavy atom. The van der Waals surface area contributed by atoms with Crippen LogP contribution in [0.3, 0.4) is 0 Å². The van der Waals surface area contributed by atoms with Gasteiger partial charge in [-0.3, -0.25) is 14.4 Å². The van der Waals surface area contributed by atoms with Gasteiger partial charge >= 0.3 is 12.2 Å². The van der Waals surface area contributed by atoms with Gasteiger partial charge in [-0.2, -0.15) is 28.2 Å². The van der Waals surface area contributed by atoms with Crippen LogP contribution >= 0.6 is 0 Å². The number of nitrogen functional groups attached to an aromatic ring is 1. The number of anilines is 2. The number of amides is 1. The van der Waals surface area contributed by atoms with Crippen LogP contribution in [-0.2, 0) is 37.0 Å². The summed E-state index contributed by atoms with van der Waals surface area (Å²) in [6.45, 7) is 3.76. The van der Waals surface area contributed by atoms with E-state index in [0.29, 0.717) is 61.8 Å². The standard InChI is InChI=1S/C35H39F5N8O3/c1-4-7-20-12-24(41)30(37)28(29(20)35(38,39)40)27-14-25-23(18-50-27)31(43-33(42-25)51-19-34-8-5-10-47(34)16-21(36)15-34)46-9-6-11-48-22(17-46)13-26(44-48)32(49)45(2)3/h12-13,21,27H,5-6,8-11,14-19,41H2,1-3H3/t21-,27-,34+/m1/s1. The van der Waals surface area contributed by atoms with Crippen molar-refractivity contribution in [1.29, 1.82) is 0 Å². The molecule has 3 aromatic rings. The van der Waals surface area contributed by atoms with E-state index in [0.717, 1.165) is 31.1 Å². The third-order valence-corrected chi connectivity index (χ3v) is 10.2. The molecular formula is C35H39F5N8O3. The van der Waals surface area contributed by atoms with Gasteiger partial charge in [-0.05, 0) is 44.9 Å². The molecule has 0 unspecified atom stereocenters. The molecular weight excluding hydrogens is 675 g/mol. The topological polar surface area (TPSA) is 115 Å². The molecule has 272 valence electrons. The highest BCUT2D eigenvalue weighted by Gasteiger charge is 2.49. The molecule has 2 saturated heterocycles. The van der Waals surface area contributed by atoms with Crippen LogP contribution in [0.1, 0.15) is 82.8 Å². The van der Waals surface area contributed by atoms with Crippen LogP contribution < -0.4 is 15.4 Å². The van der Waals surface area contributed by atoms with Crippen molar-refractivity contribution < 1.29 is 36.2 Å². The first kappa shape index (κ1) is 34.9. The number of aryl methyl sites for hydroxylation is 1. The number of nitrogens with zero attached hydrogens (tertiary/aromatic N) is 7. The van der Waals surface area contributed by atoms with Crippen LogP contribution in [0.2, 0.25) is 0 Å². The fraction of sp³-hybridized carbons (Fsp3) is 0.543. The molecule has 6 heterocycles. The molecule has 1 aromatic carbocycles. The van der Waals surface area contributed by atoms with Crippen LogP contribution in [0.4, 0.5) is 33.5 Å². The molecule has 51 heavy (non-hydrogen) atoms. The van der Waals surface area contributed by atoms with Crippen LogP contribution in [0, 0.1) is 17.7 Å². The zero-order chi connectivity index (χ0) is 36.2. The second kappa shape index (κ2) is 13.2. The first-order chi connectivity index (χ1) is 24.3. The van der Waals surface area contributed by atoms with E-state index >= 15 is 4.39 Å². The predicted molar refractivity (Wildman–Crippen MR) is 176 cm³/mol. The number of carbonyl (C=O) groups excluding carboxylic acids is 1. The van der Waals surface area contributed by atoms with Crippen molar-refractivity contribution in [1.82, 2.24) is 29.5 Å². The minimum absolute atomic E-state index is 0.0178. The number of hydrogen-bond donors (Lipinski definition) is 1. The van der Waals surface area contributed by atoms with Crippen molar-refractivity contribution in [2.24, 2.45) is 0 Å². The Bertz CT molecular complexity index is 1920. The Balaban J connectivity index is 1.28. The zero-order valence-electron chi connectivity index (χ0n) is 28.6. The summed E-state index contributed by atoms with van der Waals surface area (Å²) in [4.78, 5) is 27.7. The average molecular weight is 715 g/mol. The number of fused-ring (bicyclic) bond motifs is 3. The summed E-state index contributed by atoms with van der Waals surface area (Å²) in [5.41, 5.74) is 4.40. The average Bonchev–Trinajstić information content (AvgIpc) is 3.70. The molecule has 0 aliphatic carbocycles. The summed E-state index contributed by atoms with van der Waals surface area (Å²) in [5, 5.41) is 4.52. The maximum absolute atomic E-state index is 15.7. The Hall–Kier alpha value is -4.49. The number of rotatable bonds is 6. The second-order valence-electron chi connectivity index (χ2n) is 13.8. The first-order valence-corrected chi connectivity index (χ1v) is 17.0. The smallest absolute Gasteiger partial charge is 0.418 e. The van der Waals surface area contributed by atoms with E-state index in [2.05, 4.69) is 26.8 Å². The summed E-state index contributed by atoms with van der Waals surface area (Å²) in [6.07, 6.45) is -4.95. The van der Waals surface area contributed by atoms with Gasteiger partial charge in [0.1, 0.15) is 18.6 Å². The van der Waals surface area contributed by atoms with E-state index in [1.165, 1.54) is 11.8 Å². The molecule has 0 bridgehead atoms. The molecule has 0 saturated carbocycles.